The molecule has 4 rings (SSSR count). The molecule has 28 heavy (non-hydrogen) atoms. The summed E-state index contributed by atoms with van der Waals surface area (Å²) < 4.78 is 21.1. The smallest absolute Gasteiger partial charge is 0.252 e. The first-order chi connectivity index (χ1) is 13.7. The molecule has 0 fully saturated rings. The Morgan fingerprint density at radius 3 is 2.57 bits per heavy atom. The molecular weight excluding hydrogens is 357 g/mol. The molecule has 0 bridgehead atoms. The monoisotopic (exact) mass is 377 g/mol. The van der Waals surface area contributed by atoms with Crippen LogP contribution in [0.2, 0.25) is 0 Å². The standard InChI is InChI=1S/C21H20FN5O/c1-2-3-13-27-14-23-18-19(27)25-21(24-16-7-5-4-6-8-16)26-20(18)28-17-11-9-15(22)10-12-17/h4-12,14H,2-3,13H2,1H3,(H,24,25,26). The van der Waals surface area contributed by atoms with E-state index in [1.165, 1.54) is 12.1 Å². The zero-order valence-corrected chi connectivity index (χ0v) is 15.5. The van der Waals surface area contributed by atoms with Crippen LogP contribution >= 0.6 is 0 Å². The van der Waals surface area contributed by atoms with Crippen LogP contribution in [0.3, 0.4) is 0 Å². The molecule has 4 aromatic rings. The fourth-order valence-electron chi connectivity index (χ4n) is 2.80. The molecule has 6 nitrogen and oxygen atoms in total. The molecule has 0 saturated heterocycles. The number of aryl methyl sites for hydroxylation is 1. The van der Waals surface area contributed by atoms with Crippen molar-refractivity contribution < 1.29 is 9.13 Å². The molecular formula is C21H20FN5O. The maximum absolute atomic E-state index is 13.2. The summed E-state index contributed by atoms with van der Waals surface area (Å²) in [6.07, 6.45) is 3.84. The van der Waals surface area contributed by atoms with Gasteiger partial charge in [-0.25, -0.2) is 9.37 Å². The number of hydrogen-bond donors (Lipinski definition) is 1. The summed E-state index contributed by atoms with van der Waals surface area (Å²) in [6, 6.07) is 15.5. The summed E-state index contributed by atoms with van der Waals surface area (Å²) in [5, 5.41) is 3.20. The maximum atomic E-state index is 13.2. The second-order valence-corrected chi connectivity index (χ2v) is 6.36. The normalized spacial score (nSPS) is 10.9. The average Bonchev–Trinajstić information content (AvgIpc) is 3.12. The van der Waals surface area contributed by atoms with Crippen LogP contribution in [0, 0.1) is 5.82 Å². The lowest BCUT2D eigenvalue weighted by molar-refractivity contribution is 0.466. The van der Waals surface area contributed by atoms with Gasteiger partial charge in [0.2, 0.25) is 5.95 Å². The highest BCUT2D eigenvalue weighted by Crippen LogP contribution is 2.29. The summed E-state index contributed by atoms with van der Waals surface area (Å²) >= 11 is 0. The van der Waals surface area contributed by atoms with Crippen LogP contribution in [0.15, 0.2) is 60.9 Å². The molecule has 0 spiro atoms. The quantitative estimate of drug-likeness (QED) is 0.473. The number of fused-ring (bicyclic) bond motifs is 1. The zero-order valence-electron chi connectivity index (χ0n) is 15.5. The molecule has 0 amide bonds. The predicted octanol–water partition coefficient (Wildman–Crippen LogP) is 5.30. The lowest BCUT2D eigenvalue weighted by atomic mass is 10.3. The van der Waals surface area contributed by atoms with Crippen LogP contribution in [0.25, 0.3) is 11.2 Å². The maximum Gasteiger partial charge on any atom is 0.252 e. The summed E-state index contributed by atoms with van der Waals surface area (Å²) in [5.41, 5.74) is 2.13. The molecule has 2 aromatic heterocycles. The van der Waals surface area contributed by atoms with Gasteiger partial charge < -0.3 is 14.6 Å². The van der Waals surface area contributed by atoms with Crippen molar-refractivity contribution in [2.75, 3.05) is 5.32 Å². The van der Waals surface area contributed by atoms with E-state index in [9.17, 15) is 4.39 Å². The Labute approximate surface area is 162 Å². The molecule has 7 heteroatoms. The lowest BCUT2D eigenvalue weighted by Crippen LogP contribution is -2.03. The number of nitrogens with zero attached hydrogens (tertiary/aromatic N) is 4. The zero-order chi connectivity index (χ0) is 19.3. The van der Waals surface area contributed by atoms with E-state index < -0.39 is 0 Å². The minimum atomic E-state index is -0.324. The van der Waals surface area contributed by atoms with Gasteiger partial charge in [-0.15, -0.1) is 0 Å². The van der Waals surface area contributed by atoms with Crippen LogP contribution in [0.1, 0.15) is 19.8 Å². The molecule has 0 unspecified atom stereocenters. The van der Waals surface area contributed by atoms with Gasteiger partial charge in [0.05, 0.1) is 6.33 Å². The van der Waals surface area contributed by atoms with Crippen molar-refractivity contribution in [3.05, 3.63) is 66.7 Å². The molecule has 1 N–H and O–H groups in total. The third-order valence-corrected chi connectivity index (χ3v) is 4.24. The average molecular weight is 377 g/mol. The molecule has 142 valence electrons. The van der Waals surface area contributed by atoms with Gasteiger partial charge in [-0.05, 0) is 42.8 Å². The Bertz CT molecular complexity index is 1060. The Hall–Kier alpha value is -3.48. The largest absolute Gasteiger partial charge is 0.437 e. The first-order valence-electron chi connectivity index (χ1n) is 9.21. The van der Waals surface area contributed by atoms with Crippen molar-refractivity contribution in [3.63, 3.8) is 0 Å². The van der Waals surface area contributed by atoms with Gasteiger partial charge in [-0.1, -0.05) is 31.5 Å². The van der Waals surface area contributed by atoms with Gasteiger partial charge in [-0.2, -0.15) is 9.97 Å². The van der Waals surface area contributed by atoms with Crippen molar-refractivity contribution in [3.8, 4) is 11.6 Å². The summed E-state index contributed by atoms with van der Waals surface area (Å²) in [7, 11) is 0. The number of para-hydroxylation sites is 1. The number of unbranched alkanes of at least 4 members (excludes halogenated alkanes) is 1. The first-order valence-corrected chi connectivity index (χ1v) is 9.21. The third kappa shape index (κ3) is 3.93. The Morgan fingerprint density at radius 1 is 1.04 bits per heavy atom. The fraction of sp³-hybridized carbons (Fsp3) is 0.190. The fourth-order valence-corrected chi connectivity index (χ4v) is 2.80. The van der Waals surface area contributed by atoms with Crippen LogP contribution in [-0.2, 0) is 6.54 Å². The number of anilines is 2. The molecule has 2 heterocycles. The number of nitrogens with one attached hydrogen (secondary N) is 1. The lowest BCUT2D eigenvalue weighted by Gasteiger charge is -2.10. The van der Waals surface area contributed by atoms with E-state index in [1.807, 2.05) is 34.9 Å². The van der Waals surface area contributed by atoms with E-state index in [1.54, 1.807) is 18.5 Å². The molecule has 2 aromatic carbocycles. The SMILES string of the molecule is CCCCn1cnc2c(Oc3ccc(F)cc3)nc(Nc3ccccc3)nc21. The number of ether oxygens (including phenoxy) is 1. The minimum Gasteiger partial charge on any atom is -0.437 e. The predicted molar refractivity (Wildman–Crippen MR) is 106 cm³/mol. The third-order valence-electron chi connectivity index (χ3n) is 4.24. The van der Waals surface area contributed by atoms with Crippen molar-refractivity contribution in [2.24, 2.45) is 0 Å². The second kappa shape index (κ2) is 8.04. The number of imidazole rings is 1. The minimum absolute atomic E-state index is 0.324. The van der Waals surface area contributed by atoms with E-state index in [4.69, 9.17) is 4.74 Å². The first kappa shape index (κ1) is 17.9. The molecule has 0 atom stereocenters. The van der Waals surface area contributed by atoms with Gasteiger partial charge in [0, 0.05) is 12.2 Å². The van der Waals surface area contributed by atoms with E-state index in [2.05, 4.69) is 27.2 Å². The van der Waals surface area contributed by atoms with E-state index in [0.717, 1.165) is 25.1 Å². The Morgan fingerprint density at radius 2 is 1.82 bits per heavy atom. The highest BCUT2D eigenvalue weighted by molar-refractivity contribution is 5.78. The van der Waals surface area contributed by atoms with Crippen LogP contribution in [-0.4, -0.2) is 19.5 Å². The van der Waals surface area contributed by atoms with E-state index in [0.29, 0.717) is 28.7 Å². The highest BCUT2D eigenvalue weighted by Gasteiger charge is 2.15. The number of benzene rings is 2. The van der Waals surface area contributed by atoms with E-state index >= 15 is 0 Å². The number of rotatable bonds is 7. The summed E-state index contributed by atoms with van der Waals surface area (Å²) in [6.45, 7) is 2.95. The molecule has 0 radical (unpaired) electrons. The molecule has 0 aliphatic rings. The van der Waals surface area contributed by atoms with Gasteiger partial charge in [-0.3, -0.25) is 0 Å². The molecule has 0 aliphatic heterocycles. The summed E-state index contributed by atoms with van der Waals surface area (Å²) in [4.78, 5) is 13.6. The summed E-state index contributed by atoms with van der Waals surface area (Å²) in [5.74, 6) is 0.893. The highest BCUT2D eigenvalue weighted by atomic mass is 19.1. The van der Waals surface area contributed by atoms with Crippen LogP contribution in [0.4, 0.5) is 16.0 Å². The van der Waals surface area contributed by atoms with Gasteiger partial charge in [0.15, 0.2) is 11.2 Å². The van der Waals surface area contributed by atoms with Crippen molar-refractivity contribution in [1.29, 1.82) is 0 Å². The van der Waals surface area contributed by atoms with Crippen molar-refractivity contribution in [1.82, 2.24) is 19.5 Å². The van der Waals surface area contributed by atoms with Gasteiger partial charge in [0.1, 0.15) is 11.6 Å². The van der Waals surface area contributed by atoms with Gasteiger partial charge in [0.25, 0.3) is 5.88 Å². The molecule has 0 saturated carbocycles. The van der Waals surface area contributed by atoms with E-state index in [-0.39, 0.29) is 5.82 Å². The number of halogens is 1. The van der Waals surface area contributed by atoms with Crippen LogP contribution < -0.4 is 10.1 Å². The van der Waals surface area contributed by atoms with Crippen molar-refractivity contribution >= 4 is 22.8 Å². The topological polar surface area (TPSA) is 64.9 Å². The van der Waals surface area contributed by atoms with Gasteiger partial charge >= 0.3 is 0 Å². The number of hydrogen-bond acceptors (Lipinski definition) is 5. The number of aromatic nitrogens is 4. The second-order valence-electron chi connectivity index (χ2n) is 6.36. The van der Waals surface area contributed by atoms with Crippen molar-refractivity contribution in [2.45, 2.75) is 26.3 Å². The Kier molecular flexibility index (Phi) is 5.14. The Balaban J connectivity index is 1.74. The van der Waals surface area contributed by atoms with Crippen LogP contribution in [0.5, 0.6) is 11.6 Å². The molecule has 0 aliphatic carbocycles.